The second-order valence-corrected chi connectivity index (χ2v) is 14.4. The van der Waals surface area contributed by atoms with E-state index < -0.39 is 5.41 Å². The molecule has 5 aromatic carbocycles. The Morgan fingerprint density at radius 2 is 1.03 bits per heavy atom. The predicted octanol–water partition coefficient (Wildman–Crippen LogP) is 13.7. The van der Waals surface area contributed by atoms with E-state index in [1.54, 1.807) is 50.3 Å². The standard InChI is InChI=1S/C25H16O3.C10H10O.2C5H8O.C4H6O.C4H8.C2H5ClO.C2H6/c26-15-9-11-21-23(13-15)28-24-14-16(27)10-12-22(24)25(21)19-7-3-1-5-17(19)18-6-2-4-8-20(18)25;1-9(11)7-8-10-5-3-2-4-6-10;1-4(2)5(3)6;1-3-4-5(2)6;1-3-4(2)5;1-3-4-2;3-1-2-4;1-2/h1-14,26-27H;2-8H,1H3;1H2,2-3H3;3-4H,1-2H3;3H,1H2,2H3;3H,1,4H2,2H3;4H,1-2H2;1-2H3/b;8-7+;;4-3+;;;;. The van der Waals surface area contributed by atoms with E-state index in [1.807, 2.05) is 75.4 Å². The fraction of sp³-hybridized carbons (Fsp3) is 0.228. The number of phenolic OH excluding ortho intramolecular Hbond substituents is 2. The first-order valence-electron chi connectivity index (χ1n) is 21.5. The Morgan fingerprint density at radius 1 is 0.652 bits per heavy atom. The number of alkyl halides is 1. The lowest BCUT2D eigenvalue weighted by Crippen LogP contribution is -2.32. The summed E-state index contributed by atoms with van der Waals surface area (Å²) in [5.41, 5.74) is 7.84. The topological polar surface area (TPSA) is 138 Å². The average Bonchev–Trinajstić information content (AvgIpc) is 3.60. The first-order chi connectivity index (χ1) is 31.5. The minimum atomic E-state index is -0.558. The van der Waals surface area contributed by atoms with Crippen LogP contribution in [-0.2, 0) is 24.6 Å². The zero-order valence-electron chi connectivity index (χ0n) is 39.9. The van der Waals surface area contributed by atoms with Crippen molar-refractivity contribution in [3.05, 3.63) is 199 Å². The molecule has 0 saturated carbocycles. The molecular formula is C57H67ClO8. The maximum atomic E-state index is 10.5. The van der Waals surface area contributed by atoms with Crippen molar-refractivity contribution in [3.8, 4) is 34.1 Å². The van der Waals surface area contributed by atoms with Gasteiger partial charge >= 0.3 is 0 Å². The largest absolute Gasteiger partial charge is 0.508 e. The average molecular weight is 916 g/mol. The first kappa shape index (κ1) is 59.1. The van der Waals surface area contributed by atoms with E-state index in [4.69, 9.17) is 21.4 Å². The van der Waals surface area contributed by atoms with Gasteiger partial charge in [0.05, 0.1) is 12.0 Å². The van der Waals surface area contributed by atoms with E-state index in [0.717, 1.165) is 23.1 Å². The zero-order chi connectivity index (χ0) is 50.2. The third-order valence-corrected chi connectivity index (χ3v) is 9.05. The molecule has 1 spiro atoms. The smallest absolute Gasteiger partial charge is 0.154 e. The molecular weight excluding hydrogens is 848 g/mol. The van der Waals surface area contributed by atoms with Crippen LogP contribution in [0.2, 0.25) is 0 Å². The molecule has 3 N–H and O–H groups in total. The molecule has 9 heteroatoms. The summed E-state index contributed by atoms with van der Waals surface area (Å²) in [6.07, 6.45) is 10.9. The summed E-state index contributed by atoms with van der Waals surface area (Å²) < 4.78 is 6.14. The Labute approximate surface area is 398 Å². The number of halogens is 1. The molecule has 0 fully saturated rings. The van der Waals surface area contributed by atoms with E-state index >= 15 is 0 Å². The molecule has 5 aromatic rings. The van der Waals surface area contributed by atoms with Gasteiger partial charge in [0.1, 0.15) is 23.0 Å². The van der Waals surface area contributed by atoms with Gasteiger partial charge in [-0.15, -0.1) is 18.2 Å². The van der Waals surface area contributed by atoms with Crippen molar-refractivity contribution in [2.45, 2.75) is 74.1 Å². The molecule has 2 aliphatic rings. The van der Waals surface area contributed by atoms with Crippen molar-refractivity contribution >= 4 is 40.8 Å². The van der Waals surface area contributed by atoms with Gasteiger partial charge in [0.2, 0.25) is 0 Å². The van der Waals surface area contributed by atoms with Gasteiger partial charge < -0.3 is 20.1 Å². The molecule has 350 valence electrons. The number of aromatic hydroxyl groups is 2. The Balaban J connectivity index is 0.000000918. The van der Waals surface area contributed by atoms with Crippen LogP contribution in [0.15, 0.2) is 171 Å². The van der Waals surface area contributed by atoms with Gasteiger partial charge in [0.25, 0.3) is 0 Å². The van der Waals surface area contributed by atoms with Crippen LogP contribution in [0, 0.1) is 0 Å². The molecule has 1 heterocycles. The van der Waals surface area contributed by atoms with Gasteiger partial charge in [0, 0.05) is 29.1 Å². The SMILES string of the molecule is C/C=C/C(C)=O.C=C(C)C(C)=O.C=CC(C)=O.C=CCC.CC.CC(=O)/C=C/c1ccccc1.OCCCl.Oc1ccc2c(c1)Oc1cc(O)ccc1C21c2ccccc2-c2ccccc21. The van der Waals surface area contributed by atoms with Crippen LogP contribution < -0.4 is 4.74 Å². The summed E-state index contributed by atoms with van der Waals surface area (Å²) >= 11 is 4.94. The molecule has 0 radical (unpaired) electrons. The van der Waals surface area contributed by atoms with E-state index in [1.165, 1.54) is 55.2 Å². The number of fused-ring (bicyclic) bond motifs is 9. The lowest BCUT2D eigenvalue weighted by molar-refractivity contribution is -0.114. The van der Waals surface area contributed by atoms with Crippen molar-refractivity contribution in [2.75, 3.05) is 12.5 Å². The number of allylic oxidation sites excluding steroid dienone is 6. The maximum absolute atomic E-state index is 10.5. The van der Waals surface area contributed by atoms with Gasteiger partial charge in [-0.05, 0) is 112 Å². The number of hydrogen-bond acceptors (Lipinski definition) is 8. The van der Waals surface area contributed by atoms with Gasteiger partial charge in [-0.1, -0.05) is 143 Å². The number of Topliss-reactive ketones (excluding diaryl/α,β-unsaturated/α-hetero) is 1. The minimum absolute atomic E-state index is 0.0185. The third kappa shape index (κ3) is 19.1. The highest BCUT2D eigenvalue weighted by atomic mass is 35.5. The molecule has 0 amide bonds. The quantitative estimate of drug-likeness (QED) is 0.0816. The van der Waals surface area contributed by atoms with E-state index in [-0.39, 0.29) is 41.2 Å². The maximum Gasteiger partial charge on any atom is 0.154 e. The number of carbonyl (C=O) groups excluding carboxylic acids is 4. The van der Waals surface area contributed by atoms with Crippen LogP contribution in [0.1, 0.15) is 96.6 Å². The van der Waals surface area contributed by atoms with Gasteiger partial charge in [-0.2, -0.15) is 0 Å². The van der Waals surface area contributed by atoms with Crippen molar-refractivity contribution < 1.29 is 39.2 Å². The summed E-state index contributed by atoms with van der Waals surface area (Å²) in [4.78, 5) is 40.2. The molecule has 8 nitrogen and oxygen atoms in total. The number of ether oxygens (including phenoxy) is 1. The third-order valence-electron chi connectivity index (χ3n) is 8.88. The van der Waals surface area contributed by atoms with Crippen LogP contribution >= 0.6 is 11.6 Å². The van der Waals surface area contributed by atoms with Gasteiger partial charge in [0.15, 0.2) is 23.1 Å². The van der Waals surface area contributed by atoms with Gasteiger partial charge in [-0.3, -0.25) is 19.2 Å². The second-order valence-electron chi connectivity index (χ2n) is 14.0. The molecule has 0 aromatic heterocycles. The molecule has 0 unspecified atom stereocenters. The number of carbonyl (C=O) groups is 4. The fourth-order valence-electron chi connectivity index (χ4n) is 5.90. The Bertz CT molecular complexity index is 2280. The van der Waals surface area contributed by atoms with Crippen LogP contribution in [0.3, 0.4) is 0 Å². The van der Waals surface area contributed by atoms with E-state index in [0.29, 0.717) is 23.0 Å². The van der Waals surface area contributed by atoms with E-state index in [2.05, 4.69) is 75.2 Å². The Hall–Kier alpha value is -6.87. The highest BCUT2D eigenvalue weighted by molar-refractivity contribution is 6.17. The molecule has 0 bridgehead atoms. The first-order valence-corrected chi connectivity index (χ1v) is 22.0. The summed E-state index contributed by atoms with van der Waals surface area (Å²) in [6, 6.07) is 37.2. The summed E-state index contributed by atoms with van der Waals surface area (Å²) in [7, 11) is 0. The molecule has 1 aliphatic heterocycles. The van der Waals surface area contributed by atoms with Crippen molar-refractivity contribution in [2.24, 2.45) is 0 Å². The number of aliphatic hydroxyl groups excluding tert-OH is 1. The second kappa shape index (κ2) is 32.7. The Kier molecular flexibility index (Phi) is 29.3. The zero-order valence-corrected chi connectivity index (χ0v) is 40.7. The highest BCUT2D eigenvalue weighted by Crippen LogP contribution is 2.62. The van der Waals surface area contributed by atoms with Crippen LogP contribution in [0.25, 0.3) is 17.2 Å². The lowest BCUT2D eigenvalue weighted by Gasteiger charge is -2.39. The fourth-order valence-corrected chi connectivity index (χ4v) is 5.90. The number of ketones is 4. The molecule has 0 saturated heterocycles. The number of hydrogen-bond donors (Lipinski definition) is 3. The highest BCUT2D eigenvalue weighted by Gasteiger charge is 2.51. The summed E-state index contributed by atoms with van der Waals surface area (Å²) in [5.74, 6) is 2.12. The number of rotatable bonds is 7. The van der Waals surface area contributed by atoms with Crippen LogP contribution in [0.5, 0.6) is 23.0 Å². The number of aliphatic hydroxyl groups is 1. The van der Waals surface area contributed by atoms with E-state index in [9.17, 15) is 29.4 Å². The summed E-state index contributed by atoms with van der Waals surface area (Å²) in [5, 5.41) is 27.9. The normalized spacial score (nSPS) is 10.9. The lowest BCUT2D eigenvalue weighted by atomic mass is 9.66. The molecule has 1 aliphatic carbocycles. The predicted molar refractivity (Wildman–Crippen MR) is 275 cm³/mol. The number of phenols is 2. The molecule has 66 heavy (non-hydrogen) atoms. The minimum Gasteiger partial charge on any atom is -0.508 e. The van der Waals surface area contributed by atoms with Crippen molar-refractivity contribution in [3.63, 3.8) is 0 Å². The summed E-state index contributed by atoms with van der Waals surface area (Å²) in [6.45, 7) is 25.8. The Morgan fingerprint density at radius 3 is 1.33 bits per heavy atom. The van der Waals surface area contributed by atoms with Crippen LogP contribution in [-0.4, -0.2) is 50.9 Å². The van der Waals surface area contributed by atoms with Crippen molar-refractivity contribution in [1.29, 1.82) is 0 Å². The number of benzene rings is 5. The molecule has 0 atom stereocenters. The molecule has 7 rings (SSSR count). The van der Waals surface area contributed by atoms with Crippen LogP contribution in [0.4, 0.5) is 0 Å². The van der Waals surface area contributed by atoms with Gasteiger partial charge in [-0.25, -0.2) is 0 Å². The van der Waals surface area contributed by atoms with Crippen molar-refractivity contribution in [1.82, 2.24) is 0 Å². The monoisotopic (exact) mass is 914 g/mol.